The average molecular weight is 317 g/mol. The third-order valence-corrected chi connectivity index (χ3v) is 4.63. The summed E-state index contributed by atoms with van der Waals surface area (Å²) >= 11 is 11.8. The second-order valence-electron chi connectivity index (χ2n) is 5.31. The number of anilines is 1. The minimum absolute atomic E-state index is 0.0600. The maximum Gasteiger partial charge on any atom is 0.251 e. The van der Waals surface area contributed by atoms with Crippen LogP contribution in [0.1, 0.15) is 42.5 Å². The molecule has 0 atom stereocenters. The lowest BCUT2D eigenvalue weighted by molar-refractivity contribution is 0.0758. The van der Waals surface area contributed by atoms with Gasteiger partial charge in [0.15, 0.2) is 0 Å². The van der Waals surface area contributed by atoms with Gasteiger partial charge in [0, 0.05) is 5.56 Å². The zero-order chi connectivity index (χ0) is 14.8. The van der Waals surface area contributed by atoms with Gasteiger partial charge in [0.1, 0.15) is 0 Å². The quantitative estimate of drug-likeness (QED) is 0.750. The molecule has 1 aliphatic carbocycles. The number of nitrogens with two attached hydrogens (primary N) is 1. The minimum atomic E-state index is -0.532. The van der Waals surface area contributed by atoms with E-state index in [1.807, 2.05) is 0 Å². The van der Waals surface area contributed by atoms with Gasteiger partial charge in [-0.1, -0.05) is 42.5 Å². The van der Waals surface area contributed by atoms with Gasteiger partial charge in [0.25, 0.3) is 5.91 Å². The van der Waals surface area contributed by atoms with E-state index in [9.17, 15) is 9.90 Å². The highest BCUT2D eigenvalue weighted by Gasteiger charge is 2.33. The lowest BCUT2D eigenvalue weighted by Gasteiger charge is -2.36. The molecule has 2 rings (SSSR count). The van der Waals surface area contributed by atoms with E-state index >= 15 is 0 Å². The van der Waals surface area contributed by atoms with Crippen molar-refractivity contribution in [3.8, 4) is 0 Å². The maximum atomic E-state index is 12.3. The highest BCUT2D eigenvalue weighted by molar-refractivity contribution is 6.43. The van der Waals surface area contributed by atoms with Crippen LogP contribution in [0.5, 0.6) is 0 Å². The Morgan fingerprint density at radius 2 is 1.95 bits per heavy atom. The van der Waals surface area contributed by atoms with Crippen LogP contribution < -0.4 is 11.1 Å². The number of aliphatic hydroxyl groups excluding tert-OH is 1. The van der Waals surface area contributed by atoms with Gasteiger partial charge in [0.05, 0.1) is 27.9 Å². The van der Waals surface area contributed by atoms with Gasteiger partial charge in [-0.25, -0.2) is 0 Å². The van der Waals surface area contributed by atoms with Crippen molar-refractivity contribution in [1.29, 1.82) is 0 Å². The summed E-state index contributed by atoms with van der Waals surface area (Å²) in [4.78, 5) is 12.3. The van der Waals surface area contributed by atoms with Gasteiger partial charge in [-0.05, 0) is 25.0 Å². The Morgan fingerprint density at radius 3 is 2.50 bits per heavy atom. The van der Waals surface area contributed by atoms with Crippen LogP contribution in [0.2, 0.25) is 10.0 Å². The molecule has 4 N–H and O–H groups in total. The highest BCUT2D eigenvalue weighted by atomic mass is 35.5. The molecule has 1 saturated carbocycles. The van der Waals surface area contributed by atoms with Crippen LogP contribution in [0.25, 0.3) is 0 Å². The number of nitrogen functional groups attached to an aromatic ring is 1. The maximum absolute atomic E-state index is 12.3. The fourth-order valence-electron chi connectivity index (χ4n) is 2.61. The molecular weight excluding hydrogens is 299 g/mol. The van der Waals surface area contributed by atoms with Crippen LogP contribution in [-0.4, -0.2) is 23.2 Å². The van der Waals surface area contributed by atoms with Crippen molar-refractivity contribution in [2.45, 2.75) is 37.6 Å². The summed E-state index contributed by atoms with van der Waals surface area (Å²) in [6, 6.07) is 2.99. The van der Waals surface area contributed by atoms with Crippen LogP contribution in [0.4, 0.5) is 5.69 Å². The second-order valence-corrected chi connectivity index (χ2v) is 6.10. The molecule has 4 nitrogen and oxygen atoms in total. The number of hydrogen-bond acceptors (Lipinski definition) is 3. The molecule has 1 aromatic rings. The van der Waals surface area contributed by atoms with Crippen LogP contribution in [0, 0.1) is 0 Å². The first-order valence-electron chi connectivity index (χ1n) is 6.65. The number of carbonyl (C=O) groups excluding carboxylic acids is 1. The summed E-state index contributed by atoms with van der Waals surface area (Å²) in [6.45, 7) is -0.0600. The smallest absolute Gasteiger partial charge is 0.251 e. The topological polar surface area (TPSA) is 75.4 Å². The molecule has 1 amide bonds. The Bertz CT molecular complexity index is 491. The number of amides is 1. The number of carbonyl (C=O) groups is 1. The fraction of sp³-hybridized carbons (Fsp3) is 0.500. The molecule has 6 heteroatoms. The Morgan fingerprint density at radius 1 is 1.30 bits per heavy atom. The molecule has 0 unspecified atom stereocenters. The van der Waals surface area contributed by atoms with Crippen molar-refractivity contribution in [1.82, 2.24) is 5.32 Å². The number of hydrogen-bond donors (Lipinski definition) is 3. The lowest BCUT2D eigenvalue weighted by atomic mass is 9.82. The Balaban J connectivity index is 2.19. The lowest BCUT2D eigenvalue weighted by Crippen LogP contribution is -2.52. The predicted octanol–water partition coefficient (Wildman–Crippen LogP) is 3.00. The largest absolute Gasteiger partial charge is 0.397 e. The molecule has 110 valence electrons. The molecular formula is C14H18Cl2N2O2. The van der Waals surface area contributed by atoms with Crippen molar-refractivity contribution in [2.24, 2.45) is 0 Å². The van der Waals surface area contributed by atoms with Gasteiger partial charge >= 0.3 is 0 Å². The van der Waals surface area contributed by atoms with Gasteiger partial charge in [-0.2, -0.15) is 0 Å². The number of nitrogens with one attached hydrogen (secondary N) is 1. The van der Waals surface area contributed by atoms with Crippen molar-refractivity contribution < 1.29 is 9.90 Å². The van der Waals surface area contributed by atoms with E-state index in [1.165, 1.54) is 12.1 Å². The first-order valence-corrected chi connectivity index (χ1v) is 7.41. The molecule has 0 heterocycles. The van der Waals surface area contributed by atoms with Crippen molar-refractivity contribution in [3.63, 3.8) is 0 Å². The van der Waals surface area contributed by atoms with Crippen LogP contribution in [0.3, 0.4) is 0 Å². The molecule has 0 aliphatic heterocycles. The van der Waals surface area contributed by atoms with Gasteiger partial charge in [-0.15, -0.1) is 0 Å². The van der Waals surface area contributed by atoms with Crippen LogP contribution in [0.15, 0.2) is 12.1 Å². The zero-order valence-electron chi connectivity index (χ0n) is 11.1. The van der Waals surface area contributed by atoms with Gasteiger partial charge in [0.2, 0.25) is 0 Å². The van der Waals surface area contributed by atoms with E-state index in [4.69, 9.17) is 28.9 Å². The number of rotatable bonds is 3. The van der Waals surface area contributed by atoms with Gasteiger partial charge < -0.3 is 16.2 Å². The van der Waals surface area contributed by atoms with E-state index in [0.717, 1.165) is 32.1 Å². The second kappa shape index (κ2) is 6.20. The van der Waals surface area contributed by atoms with Crippen LogP contribution >= 0.6 is 23.2 Å². The molecule has 1 aliphatic rings. The van der Waals surface area contributed by atoms with Crippen molar-refractivity contribution >= 4 is 34.8 Å². The molecule has 1 aromatic carbocycles. The summed E-state index contributed by atoms with van der Waals surface area (Å²) < 4.78 is 0. The van der Waals surface area contributed by atoms with Crippen molar-refractivity contribution in [3.05, 3.63) is 27.7 Å². The first kappa shape index (κ1) is 15.4. The predicted molar refractivity (Wildman–Crippen MR) is 81.2 cm³/mol. The average Bonchev–Trinajstić information content (AvgIpc) is 2.45. The summed E-state index contributed by atoms with van der Waals surface area (Å²) in [6.07, 6.45) is 4.71. The molecule has 0 bridgehead atoms. The fourth-order valence-corrected chi connectivity index (χ4v) is 2.94. The van der Waals surface area contributed by atoms with E-state index < -0.39 is 5.54 Å². The van der Waals surface area contributed by atoms with Crippen LogP contribution in [-0.2, 0) is 0 Å². The summed E-state index contributed by atoms with van der Waals surface area (Å²) in [7, 11) is 0. The molecule has 20 heavy (non-hydrogen) atoms. The molecule has 1 fully saturated rings. The third kappa shape index (κ3) is 3.19. The highest BCUT2D eigenvalue weighted by Crippen LogP contribution is 2.31. The number of benzene rings is 1. The molecule has 0 spiro atoms. The first-order chi connectivity index (χ1) is 9.47. The standard InChI is InChI=1S/C14H18Cl2N2O2/c15-10-6-9(7-11(17)12(10)16)13(20)18-14(8-19)4-2-1-3-5-14/h6-7,19H,1-5,8,17H2,(H,18,20). The van der Waals surface area contributed by atoms with E-state index in [-0.39, 0.29) is 28.2 Å². The Kier molecular flexibility index (Phi) is 4.78. The third-order valence-electron chi connectivity index (χ3n) is 3.81. The summed E-state index contributed by atoms with van der Waals surface area (Å²) in [5.74, 6) is -0.286. The molecule has 0 aromatic heterocycles. The molecule has 0 saturated heterocycles. The SMILES string of the molecule is Nc1cc(C(=O)NC2(CO)CCCCC2)cc(Cl)c1Cl. The van der Waals surface area contributed by atoms with E-state index in [2.05, 4.69) is 5.32 Å². The number of halogens is 2. The normalized spacial score (nSPS) is 17.8. The van der Waals surface area contributed by atoms with E-state index in [0.29, 0.717) is 5.56 Å². The minimum Gasteiger partial charge on any atom is -0.397 e. The monoisotopic (exact) mass is 316 g/mol. The Labute approximate surface area is 128 Å². The molecule has 0 radical (unpaired) electrons. The van der Waals surface area contributed by atoms with Crippen molar-refractivity contribution in [2.75, 3.05) is 12.3 Å². The Hall–Kier alpha value is -0.970. The van der Waals surface area contributed by atoms with Gasteiger partial charge in [-0.3, -0.25) is 4.79 Å². The zero-order valence-corrected chi connectivity index (χ0v) is 12.6. The number of aliphatic hydroxyl groups is 1. The summed E-state index contributed by atoms with van der Waals surface area (Å²) in [5, 5.41) is 13.0. The van der Waals surface area contributed by atoms with E-state index in [1.54, 1.807) is 0 Å². The summed E-state index contributed by atoms with van der Waals surface area (Å²) in [5.41, 5.74) is 5.81.